The molecule has 1 aliphatic rings. The summed E-state index contributed by atoms with van der Waals surface area (Å²) in [5, 5.41) is 4.17. The molecule has 0 atom stereocenters. The van der Waals surface area contributed by atoms with Crippen LogP contribution in [-0.4, -0.2) is 41.4 Å². The maximum atomic E-state index is 12.3. The van der Waals surface area contributed by atoms with E-state index < -0.39 is 5.97 Å². The molecular weight excluding hydrogens is 360 g/mol. The Morgan fingerprint density at radius 1 is 1.00 bits per heavy atom. The van der Waals surface area contributed by atoms with Crippen molar-refractivity contribution in [2.45, 2.75) is 6.54 Å². The average molecular weight is 378 g/mol. The van der Waals surface area contributed by atoms with Crippen molar-refractivity contribution in [3.8, 4) is 11.5 Å². The van der Waals surface area contributed by atoms with Crippen LogP contribution < -0.4 is 9.47 Å². The fraction of sp³-hybridized carbons (Fsp3) is 0.190. The Labute approximate surface area is 161 Å². The number of hydrogen-bond acceptors (Lipinski definition) is 6. The summed E-state index contributed by atoms with van der Waals surface area (Å²) in [6.45, 7) is 1.11. The number of benzene rings is 2. The largest absolute Gasteiger partial charge is 0.486 e. The highest BCUT2D eigenvalue weighted by Gasteiger charge is 2.17. The number of esters is 1. The quantitative estimate of drug-likeness (QED) is 0.485. The molecule has 0 N–H and O–H groups in total. The van der Waals surface area contributed by atoms with Crippen molar-refractivity contribution in [2.75, 3.05) is 19.8 Å². The number of ketones is 1. The van der Waals surface area contributed by atoms with Crippen molar-refractivity contribution in [2.24, 2.45) is 0 Å². The van der Waals surface area contributed by atoms with E-state index in [-0.39, 0.29) is 12.4 Å². The monoisotopic (exact) mass is 378 g/mol. The van der Waals surface area contributed by atoms with E-state index in [4.69, 9.17) is 14.2 Å². The smallest absolute Gasteiger partial charge is 0.341 e. The summed E-state index contributed by atoms with van der Waals surface area (Å²) in [6.07, 6.45) is 3.03. The molecule has 0 saturated carbocycles. The van der Waals surface area contributed by atoms with Gasteiger partial charge < -0.3 is 14.2 Å². The standard InChI is InChI=1S/C21H18N2O5/c24-18(16-6-7-19-20(10-16)27-9-8-26-19)14-28-21(25)17-11-22-23(13-17)12-15-4-2-1-3-5-15/h1-7,10-11,13H,8-9,12,14H2. The zero-order valence-corrected chi connectivity index (χ0v) is 15.0. The fourth-order valence-electron chi connectivity index (χ4n) is 2.84. The second-order valence-electron chi connectivity index (χ2n) is 6.27. The molecule has 2 heterocycles. The minimum absolute atomic E-state index is 0.297. The highest BCUT2D eigenvalue weighted by Crippen LogP contribution is 2.30. The molecule has 0 unspecified atom stereocenters. The Morgan fingerprint density at radius 3 is 2.61 bits per heavy atom. The summed E-state index contributed by atoms with van der Waals surface area (Å²) in [5.41, 5.74) is 1.77. The molecule has 28 heavy (non-hydrogen) atoms. The molecule has 0 radical (unpaired) electrons. The van der Waals surface area contributed by atoms with Crippen LogP contribution >= 0.6 is 0 Å². The van der Waals surface area contributed by atoms with E-state index in [9.17, 15) is 9.59 Å². The third-order valence-corrected chi connectivity index (χ3v) is 4.25. The number of carbonyl (C=O) groups excluding carboxylic acids is 2. The average Bonchev–Trinajstić information content (AvgIpc) is 3.20. The SMILES string of the molecule is O=C(COC(=O)c1cnn(Cc2ccccc2)c1)c1ccc2c(c1)OCCO2. The number of Topliss-reactive ketones (excluding diaryl/α,β-unsaturated/α-hetero) is 1. The number of rotatable bonds is 6. The maximum Gasteiger partial charge on any atom is 0.341 e. The number of ether oxygens (including phenoxy) is 3. The molecule has 0 fully saturated rings. The molecule has 2 aromatic carbocycles. The molecule has 0 amide bonds. The minimum Gasteiger partial charge on any atom is -0.486 e. The first kappa shape index (κ1) is 17.8. The first-order valence-corrected chi connectivity index (χ1v) is 8.85. The summed E-state index contributed by atoms with van der Waals surface area (Å²) in [7, 11) is 0. The van der Waals surface area contributed by atoms with E-state index in [1.165, 1.54) is 6.20 Å². The van der Waals surface area contributed by atoms with Crippen LogP contribution in [0.1, 0.15) is 26.3 Å². The van der Waals surface area contributed by atoms with Crippen LogP contribution in [0.4, 0.5) is 0 Å². The van der Waals surface area contributed by atoms with Gasteiger partial charge in [0.1, 0.15) is 13.2 Å². The van der Waals surface area contributed by atoms with E-state index in [2.05, 4.69) is 5.10 Å². The molecular formula is C21H18N2O5. The third kappa shape index (κ3) is 4.03. The molecule has 3 aromatic rings. The number of hydrogen-bond donors (Lipinski definition) is 0. The van der Waals surface area contributed by atoms with E-state index in [1.54, 1.807) is 29.1 Å². The van der Waals surface area contributed by atoms with Gasteiger partial charge in [-0.2, -0.15) is 5.10 Å². The molecule has 7 heteroatoms. The van der Waals surface area contributed by atoms with Crippen molar-refractivity contribution in [3.05, 3.63) is 77.6 Å². The van der Waals surface area contributed by atoms with Crippen molar-refractivity contribution < 1.29 is 23.8 Å². The second-order valence-corrected chi connectivity index (χ2v) is 6.27. The van der Waals surface area contributed by atoms with Crippen LogP contribution in [0.2, 0.25) is 0 Å². The predicted octanol–water partition coefficient (Wildman–Crippen LogP) is 2.74. The zero-order chi connectivity index (χ0) is 19.3. The van der Waals surface area contributed by atoms with Gasteiger partial charge in [-0.25, -0.2) is 4.79 Å². The highest BCUT2D eigenvalue weighted by atomic mass is 16.6. The van der Waals surface area contributed by atoms with E-state index in [1.807, 2.05) is 30.3 Å². The second kappa shape index (κ2) is 7.96. The van der Waals surface area contributed by atoms with Gasteiger partial charge >= 0.3 is 5.97 Å². The van der Waals surface area contributed by atoms with Gasteiger partial charge in [0, 0.05) is 11.8 Å². The Bertz CT molecular complexity index is 997. The summed E-state index contributed by atoms with van der Waals surface area (Å²) >= 11 is 0. The van der Waals surface area contributed by atoms with Crippen molar-refractivity contribution in [3.63, 3.8) is 0 Å². The molecule has 0 saturated heterocycles. The van der Waals surface area contributed by atoms with Crippen molar-refractivity contribution >= 4 is 11.8 Å². The normalized spacial score (nSPS) is 12.4. The van der Waals surface area contributed by atoms with Crippen LogP contribution in [0.25, 0.3) is 0 Å². The lowest BCUT2D eigenvalue weighted by molar-refractivity contribution is 0.0474. The molecule has 4 rings (SSSR count). The fourth-order valence-corrected chi connectivity index (χ4v) is 2.84. The van der Waals surface area contributed by atoms with Gasteiger partial charge in [0.2, 0.25) is 0 Å². The summed E-state index contributed by atoms with van der Waals surface area (Å²) in [6, 6.07) is 14.7. The van der Waals surface area contributed by atoms with Gasteiger partial charge in [0.05, 0.1) is 18.3 Å². The van der Waals surface area contributed by atoms with Crippen LogP contribution in [0.5, 0.6) is 11.5 Å². The predicted molar refractivity (Wildman–Crippen MR) is 99.8 cm³/mol. The molecule has 0 spiro atoms. The molecule has 142 valence electrons. The summed E-state index contributed by atoms with van der Waals surface area (Å²) < 4.78 is 17.7. The molecule has 7 nitrogen and oxygen atoms in total. The summed E-state index contributed by atoms with van der Waals surface area (Å²) in [5.74, 6) is 0.212. The molecule has 1 aliphatic heterocycles. The lowest BCUT2D eigenvalue weighted by Crippen LogP contribution is -2.17. The summed E-state index contributed by atoms with van der Waals surface area (Å²) in [4.78, 5) is 24.5. The van der Waals surface area contributed by atoms with Gasteiger partial charge in [-0.3, -0.25) is 9.48 Å². The van der Waals surface area contributed by atoms with Crippen LogP contribution in [0, 0.1) is 0 Å². The third-order valence-electron chi connectivity index (χ3n) is 4.25. The van der Waals surface area contributed by atoms with Crippen molar-refractivity contribution in [1.82, 2.24) is 9.78 Å². The molecule has 0 bridgehead atoms. The number of aromatic nitrogens is 2. The van der Waals surface area contributed by atoms with Crippen molar-refractivity contribution in [1.29, 1.82) is 0 Å². The first-order chi connectivity index (χ1) is 13.7. The lowest BCUT2D eigenvalue weighted by atomic mass is 10.1. The number of carbonyl (C=O) groups is 2. The Morgan fingerprint density at radius 2 is 1.79 bits per heavy atom. The molecule has 1 aromatic heterocycles. The van der Waals surface area contributed by atoms with Crippen LogP contribution in [-0.2, 0) is 11.3 Å². The van der Waals surface area contributed by atoms with Crippen LogP contribution in [0.3, 0.4) is 0 Å². The van der Waals surface area contributed by atoms with E-state index >= 15 is 0 Å². The topological polar surface area (TPSA) is 79.7 Å². The Hall–Kier alpha value is -3.61. The Balaban J connectivity index is 1.35. The number of nitrogens with zero attached hydrogens (tertiary/aromatic N) is 2. The van der Waals surface area contributed by atoms with Gasteiger partial charge in [-0.15, -0.1) is 0 Å². The maximum absolute atomic E-state index is 12.3. The van der Waals surface area contributed by atoms with E-state index in [0.29, 0.717) is 42.4 Å². The molecule has 0 aliphatic carbocycles. The first-order valence-electron chi connectivity index (χ1n) is 8.85. The van der Waals surface area contributed by atoms with Gasteiger partial charge in [0.25, 0.3) is 0 Å². The number of fused-ring (bicyclic) bond motifs is 1. The lowest BCUT2D eigenvalue weighted by Gasteiger charge is -2.18. The van der Waals surface area contributed by atoms with Crippen LogP contribution in [0.15, 0.2) is 60.9 Å². The highest BCUT2D eigenvalue weighted by molar-refractivity contribution is 5.99. The van der Waals surface area contributed by atoms with E-state index in [0.717, 1.165) is 5.56 Å². The Kier molecular flexibility index (Phi) is 5.05. The van der Waals surface area contributed by atoms with Gasteiger partial charge in [-0.1, -0.05) is 30.3 Å². The van der Waals surface area contributed by atoms with Gasteiger partial charge in [-0.05, 0) is 23.8 Å². The zero-order valence-electron chi connectivity index (χ0n) is 15.0. The van der Waals surface area contributed by atoms with Gasteiger partial charge in [0.15, 0.2) is 23.9 Å². The minimum atomic E-state index is -0.592.